The highest BCUT2D eigenvalue weighted by molar-refractivity contribution is 9.10. The zero-order chi connectivity index (χ0) is 7.84. The van der Waals surface area contributed by atoms with Crippen molar-refractivity contribution in [1.29, 1.82) is 0 Å². The van der Waals surface area contributed by atoms with Crippen LogP contribution in [-0.4, -0.2) is 4.98 Å². The number of anilines is 1. The van der Waals surface area contributed by atoms with E-state index < -0.39 is 0 Å². The van der Waals surface area contributed by atoms with Crippen molar-refractivity contribution in [3.63, 3.8) is 0 Å². The molecule has 1 aliphatic rings. The summed E-state index contributed by atoms with van der Waals surface area (Å²) in [4.78, 5) is 4.27. The summed E-state index contributed by atoms with van der Waals surface area (Å²) in [7, 11) is 0. The van der Waals surface area contributed by atoms with Gasteiger partial charge in [0.05, 0.1) is 17.6 Å². The second-order valence-electron chi connectivity index (χ2n) is 2.91. The molecule has 1 heterocycles. The van der Waals surface area contributed by atoms with E-state index in [4.69, 9.17) is 5.73 Å². The van der Waals surface area contributed by atoms with Crippen molar-refractivity contribution in [2.75, 3.05) is 5.73 Å². The van der Waals surface area contributed by atoms with Gasteiger partial charge in [-0.15, -0.1) is 0 Å². The van der Waals surface area contributed by atoms with E-state index in [-0.39, 0.29) is 0 Å². The summed E-state index contributed by atoms with van der Waals surface area (Å²) < 4.78 is 1.06. The van der Waals surface area contributed by atoms with Crippen molar-refractivity contribution >= 4 is 21.6 Å². The molecule has 2 nitrogen and oxygen atoms in total. The number of hydrogen-bond donors (Lipinski definition) is 1. The third kappa shape index (κ3) is 1.38. The topological polar surface area (TPSA) is 38.9 Å². The Morgan fingerprint density at radius 1 is 1.55 bits per heavy atom. The summed E-state index contributed by atoms with van der Waals surface area (Å²) in [5.74, 6) is 0.685. The van der Waals surface area contributed by atoms with Crippen LogP contribution in [0.3, 0.4) is 0 Å². The van der Waals surface area contributed by atoms with Gasteiger partial charge in [0.1, 0.15) is 0 Å². The van der Waals surface area contributed by atoms with Crippen LogP contribution in [0.4, 0.5) is 5.69 Å². The van der Waals surface area contributed by atoms with E-state index in [1.807, 2.05) is 6.07 Å². The summed E-state index contributed by atoms with van der Waals surface area (Å²) in [6.45, 7) is 0. The highest BCUT2D eigenvalue weighted by Gasteiger charge is 2.26. The predicted molar refractivity (Wildman–Crippen MR) is 48.3 cm³/mol. The van der Waals surface area contributed by atoms with Gasteiger partial charge in [-0.25, -0.2) is 0 Å². The number of rotatable bonds is 1. The first-order valence-electron chi connectivity index (χ1n) is 3.68. The summed E-state index contributed by atoms with van der Waals surface area (Å²) in [5, 5.41) is 0. The fourth-order valence-electron chi connectivity index (χ4n) is 1.12. The van der Waals surface area contributed by atoms with E-state index in [1.54, 1.807) is 6.20 Å². The van der Waals surface area contributed by atoms with E-state index in [2.05, 4.69) is 20.9 Å². The van der Waals surface area contributed by atoms with Crippen LogP contribution in [0.2, 0.25) is 0 Å². The molecule has 0 saturated heterocycles. The van der Waals surface area contributed by atoms with E-state index in [1.165, 1.54) is 18.5 Å². The van der Waals surface area contributed by atoms with Crippen molar-refractivity contribution in [3.05, 3.63) is 22.4 Å². The Kier molecular flexibility index (Phi) is 1.60. The Hall–Kier alpha value is -0.570. The van der Waals surface area contributed by atoms with E-state index in [0.29, 0.717) is 5.92 Å². The van der Waals surface area contributed by atoms with Crippen LogP contribution in [-0.2, 0) is 0 Å². The predicted octanol–water partition coefficient (Wildman–Crippen LogP) is 2.30. The Morgan fingerprint density at radius 2 is 2.27 bits per heavy atom. The molecule has 0 unspecified atom stereocenters. The second-order valence-corrected chi connectivity index (χ2v) is 3.76. The molecule has 0 atom stereocenters. The van der Waals surface area contributed by atoms with Gasteiger partial charge in [-0.2, -0.15) is 0 Å². The molecule has 1 saturated carbocycles. The number of pyridine rings is 1. The highest BCUT2D eigenvalue weighted by Crippen LogP contribution is 2.42. The second kappa shape index (κ2) is 2.48. The lowest BCUT2D eigenvalue weighted by atomic mass is 10.2. The first-order chi connectivity index (χ1) is 5.27. The zero-order valence-electron chi connectivity index (χ0n) is 6.05. The first kappa shape index (κ1) is 7.10. The van der Waals surface area contributed by atoms with Crippen molar-refractivity contribution < 1.29 is 0 Å². The molecule has 1 aliphatic carbocycles. The highest BCUT2D eigenvalue weighted by atomic mass is 79.9. The molecule has 0 amide bonds. The summed E-state index contributed by atoms with van der Waals surface area (Å²) in [6.07, 6.45) is 4.27. The molecule has 58 valence electrons. The molecule has 0 aliphatic heterocycles. The molecule has 0 bridgehead atoms. The van der Waals surface area contributed by atoms with E-state index in [9.17, 15) is 0 Å². The number of halogens is 1. The number of aromatic nitrogens is 1. The molecular formula is C8H9BrN2. The Morgan fingerprint density at radius 3 is 2.82 bits per heavy atom. The van der Waals surface area contributed by atoms with Crippen molar-refractivity contribution in [2.24, 2.45) is 0 Å². The van der Waals surface area contributed by atoms with Crippen molar-refractivity contribution in [1.82, 2.24) is 4.98 Å². The zero-order valence-corrected chi connectivity index (χ0v) is 7.63. The van der Waals surface area contributed by atoms with Gasteiger partial charge in [0, 0.05) is 10.4 Å². The number of nitrogens with two attached hydrogens (primary N) is 1. The normalized spacial score (nSPS) is 16.8. The van der Waals surface area contributed by atoms with Crippen LogP contribution in [0.5, 0.6) is 0 Å². The Balaban J connectivity index is 2.39. The average Bonchev–Trinajstić information content (AvgIpc) is 2.70. The molecular weight excluding hydrogens is 204 g/mol. The van der Waals surface area contributed by atoms with Gasteiger partial charge in [-0.05, 0) is 34.8 Å². The monoisotopic (exact) mass is 212 g/mol. The molecule has 2 rings (SSSR count). The third-order valence-corrected chi connectivity index (χ3v) is 2.49. The van der Waals surface area contributed by atoms with Crippen molar-refractivity contribution in [2.45, 2.75) is 18.8 Å². The smallest absolute Gasteiger partial charge is 0.0577 e. The van der Waals surface area contributed by atoms with Crippen LogP contribution < -0.4 is 5.73 Å². The maximum Gasteiger partial charge on any atom is 0.0577 e. The Labute approximate surface area is 73.9 Å². The first-order valence-corrected chi connectivity index (χ1v) is 4.47. The standard InChI is InChI=1S/C8H9BrN2/c9-7-3-6(10)4-11-8(7)5-1-2-5/h3-5H,1-2,10H2. The summed E-state index contributed by atoms with van der Waals surface area (Å²) in [6, 6.07) is 1.92. The van der Waals surface area contributed by atoms with E-state index in [0.717, 1.165) is 10.2 Å². The van der Waals surface area contributed by atoms with Gasteiger partial charge in [0.25, 0.3) is 0 Å². The minimum atomic E-state index is 0.685. The maximum absolute atomic E-state index is 5.56. The molecule has 11 heavy (non-hydrogen) atoms. The minimum absolute atomic E-state index is 0.685. The summed E-state index contributed by atoms with van der Waals surface area (Å²) in [5.41, 5.74) is 7.44. The number of hydrogen-bond acceptors (Lipinski definition) is 2. The lowest BCUT2D eigenvalue weighted by Gasteiger charge is -2.00. The average molecular weight is 213 g/mol. The molecule has 2 N–H and O–H groups in total. The van der Waals surface area contributed by atoms with Crippen LogP contribution in [0.1, 0.15) is 24.5 Å². The molecule has 0 spiro atoms. The van der Waals surface area contributed by atoms with Crippen LogP contribution in [0.25, 0.3) is 0 Å². The molecule has 1 aromatic heterocycles. The summed E-state index contributed by atoms with van der Waals surface area (Å²) >= 11 is 3.45. The van der Waals surface area contributed by atoms with Gasteiger partial charge in [-0.1, -0.05) is 0 Å². The minimum Gasteiger partial charge on any atom is -0.397 e. The SMILES string of the molecule is Nc1cnc(C2CC2)c(Br)c1. The Bertz CT molecular complexity index is 281. The largest absolute Gasteiger partial charge is 0.397 e. The van der Waals surface area contributed by atoms with Gasteiger partial charge in [-0.3, -0.25) is 4.98 Å². The van der Waals surface area contributed by atoms with Gasteiger partial charge in [0.2, 0.25) is 0 Å². The van der Waals surface area contributed by atoms with Crippen LogP contribution >= 0.6 is 15.9 Å². The van der Waals surface area contributed by atoms with Crippen LogP contribution in [0, 0.1) is 0 Å². The van der Waals surface area contributed by atoms with Gasteiger partial charge >= 0.3 is 0 Å². The quantitative estimate of drug-likeness (QED) is 0.777. The van der Waals surface area contributed by atoms with Crippen LogP contribution in [0.15, 0.2) is 16.7 Å². The van der Waals surface area contributed by atoms with Crippen molar-refractivity contribution in [3.8, 4) is 0 Å². The molecule has 1 aromatic rings. The third-order valence-electron chi connectivity index (χ3n) is 1.85. The lowest BCUT2D eigenvalue weighted by Crippen LogP contribution is -1.91. The molecule has 0 aromatic carbocycles. The lowest BCUT2D eigenvalue weighted by molar-refractivity contribution is 1.01. The van der Waals surface area contributed by atoms with E-state index >= 15 is 0 Å². The molecule has 3 heteroatoms. The van der Waals surface area contributed by atoms with Gasteiger partial charge in [0.15, 0.2) is 0 Å². The number of nitrogen functional groups attached to an aromatic ring is 1. The molecule has 1 fully saturated rings. The fourth-order valence-corrected chi connectivity index (χ4v) is 1.81. The van der Waals surface area contributed by atoms with Gasteiger partial charge < -0.3 is 5.73 Å². The molecule has 0 radical (unpaired) electrons. The number of nitrogens with zero attached hydrogens (tertiary/aromatic N) is 1. The fraction of sp³-hybridized carbons (Fsp3) is 0.375. The maximum atomic E-state index is 5.56.